The van der Waals surface area contributed by atoms with E-state index in [-0.39, 0.29) is 12.0 Å². The lowest BCUT2D eigenvalue weighted by molar-refractivity contribution is -0.127. The fourth-order valence-electron chi connectivity index (χ4n) is 4.16. The summed E-state index contributed by atoms with van der Waals surface area (Å²) in [5.41, 5.74) is 3.64. The van der Waals surface area contributed by atoms with Gasteiger partial charge in [-0.2, -0.15) is 0 Å². The number of hydrogen-bond acceptors (Lipinski definition) is 4. The van der Waals surface area contributed by atoms with E-state index in [4.69, 9.17) is 0 Å². The Morgan fingerprint density at radius 1 is 1.00 bits per heavy atom. The van der Waals surface area contributed by atoms with Gasteiger partial charge < -0.3 is 10.4 Å². The molecule has 3 rings (SSSR count). The number of carbonyl (C=O) groups is 1. The molecule has 1 amide bonds. The first-order chi connectivity index (χ1) is 14.3. The van der Waals surface area contributed by atoms with Gasteiger partial charge in [0, 0.05) is 38.4 Å². The SMILES string of the molecule is Cc1cccc(C)c1NC(=O)C(C)(C)N1CCN(CC(O)Cc2ccccc2)CC1. The lowest BCUT2D eigenvalue weighted by atomic mass is 9.99. The monoisotopic (exact) mass is 409 g/mol. The van der Waals surface area contributed by atoms with E-state index < -0.39 is 5.54 Å². The van der Waals surface area contributed by atoms with Crippen LogP contribution in [0.3, 0.4) is 0 Å². The van der Waals surface area contributed by atoms with Crippen molar-refractivity contribution in [1.82, 2.24) is 9.80 Å². The maximum absolute atomic E-state index is 13.1. The molecule has 0 saturated carbocycles. The Morgan fingerprint density at radius 2 is 1.60 bits per heavy atom. The maximum Gasteiger partial charge on any atom is 0.244 e. The Labute approximate surface area is 180 Å². The van der Waals surface area contributed by atoms with Gasteiger partial charge in [-0.05, 0) is 50.8 Å². The van der Waals surface area contributed by atoms with Gasteiger partial charge in [0.25, 0.3) is 0 Å². The molecule has 162 valence electrons. The molecule has 1 unspecified atom stereocenters. The highest BCUT2D eigenvalue weighted by Crippen LogP contribution is 2.24. The van der Waals surface area contributed by atoms with E-state index in [0.717, 1.165) is 48.6 Å². The summed E-state index contributed by atoms with van der Waals surface area (Å²) in [5.74, 6) is 0.0254. The highest BCUT2D eigenvalue weighted by molar-refractivity contribution is 5.98. The molecular weight excluding hydrogens is 374 g/mol. The fourth-order valence-corrected chi connectivity index (χ4v) is 4.16. The van der Waals surface area contributed by atoms with Gasteiger partial charge >= 0.3 is 0 Å². The molecule has 1 saturated heterocycles. The molecule has 1 heterocycles. The largest absolute Gasteiger partial charge is 0.391 e. The van der Waals surface area contributed by atoms with Crippen molar-refractivity contribution in [3.63, 3.8) is 0 Å². The number of aliphatic hydroxyl groups is 1. The van der Waals surface area contributed by atoms with E-state index in [9.17, 15) is 9.90 Å². The molecule has 2 N–H and O–H groups in total. The van der Waals surface area contributed by atoms with Crippen LogP contribution in [0.15, 0.2) is 48.5 Å². The summed E-state index contributed by atoms with van der Waals surface area (Å²) in [7, 11) is 0. The summed E-state index contributed by atoms with van der Waals surface area (Å²) in [6.45, 7) is 12.0. The Balaban J connectivity index is 1.52. The Hall–Kier alpha value is -2.21. The van der Waals surface area contributed by atoms with E-state index in [1.165, 1.54) is 0 Å². The van der Waals surface area contributed by atoms with Gasteiger partial charge in [0.1, 0.15) is 0 Å². The van der Waals surface area contributed by atoms with Crippen molar-refractivity contribution in [2.45, 2.75) is 45.8 Å². The van der Waals surface area contributed by atoms with Crippen molar-refractivity contribution in [1.29, 1.82) is 0 Å². The molecule has 30 heavy (non-hydrogen) atoms. The summed E-state index contributed by atoms with van der Waals surface area (Å²) < 4.78 is 0. The zero-order valence-corrected chi connectivity index (χ0v) is 18.7. The molecule has 0 bridgehead atoms. The number of carbonyl (C=O) groups excluding carboxylic acids is 1. The molecule has 2 aromatic rings. The molecule has 1 atom stereocenters. The molecule has 1 fully saturated rings. The molecule has 1 aliphatic rings. The first-order valence-electron chi connectivity index (χ1n) is 10.8. The number of aryl methyl sites for hydroxylation is 2. The number of rotatable bonds is 7. The number of piperazine rings is 1. The number of anilines is 1. The van der Waals surface area contributed by atoms with Gasteiger partial charge in [-0.15, -0.1) is 0 Å². The summed E-state index contributed by atoms with van der Waals surface area (Å²) in [6, 6.07) is 16.2. The van der Waals surface area contributed by atoms with Crippen molar-refractivity contribution >= 4 is 11.6 Å². The van der Waals surface area contributed by atoms with E-state index in [0.29, 0.717) is 13.0 Å². The molecule has 0 aliphatic carbocycles. The lowest BCUT2D eigenvalue weighted by Crippen LogP contribution is -2.59. The van der Waals surface area contributed by atoms with Crippen LogP contribution in [0.5, 0.6) is 0 Å². The molecule has 1 aliphatic heterocycles. The Kier molecular flexibility index (Phi) is 7.29. The van der Waals surface area contributed by atoms with Gasteiger partial charge in [0.2, 0.25) is 5.91 Å². The van der Waals surface area contributed by atoms with Crippen molar-refractivity contribution < 1.29 is 9.90 Å². The van der Waals surface area contributed by atoms with E-state index in [2.05, 4.69) is 27.2 Å². The minimum Gasteiger partial charge on any atom is -0.391 e. The number of para-hydroxylation sites is 1. The molecule has 0 aromatic heterocycles. The van der Waals surface area contributed by atoms with Crippen LogP contribution in [0.2, 0.25) is 0 Å². The number of aliphatic hydroxyl groups excluding tert-OH is 1. The number of nitrogens with zero attached hydrogens (tertiary/aromatic N) is 2. The third-order valence-electron chi connectivity index (χ3n) is 6.22. The minimum atomic E-state index is -0.594. The van der Waals surface area contributed by atoms with E-state index in [1.54, 1.807) is 0 Å². The van der Waals surface area contributed by atoms with Crippen LogP contribution in [-0.2, 0) is 11.2 Å². The summed E-state index contributed by atoms with van der Waals surface area (Å²) in [5, 5.41) is 13.6. The highest BCUT2D eigenvalue weighted by atomic mass is 16.3. The first-order valence-corrected chi connectivity index (χ1v) is 10.8. The molecule has 0 radical (unpaired) electrons. The van der Waals surface area contributed by atoms with Gasteiger partial charge in [-0.25, -0.2) is 0 Å². The summed E-state index contributed by atoms with van der Waals surface area (Å²) >= 11 is 0. The average Bonchev–Trinajstić information content (AvgIpc) is 2.71. The van der Waals surface area contributed by atoms with Gasteiger partial charge in [-0.3, -0.25) is 14.6 Å². The number of β-amino-alcohol motifs (C(OH)–C–C–N with tert-alkyl or cyclic N) is 1. The standard InChI is InChI=1S/C25H35N3O2/c1-19-9-8-10-20(2)23(19)26-24(30)25(3,4)28-15-13-27(14-16-28)18-22(29)17-21-11-6-5-7-12-21/h5-12,22,29H,13-18H2,1-4H3,(H,26,30). The maximum atomic E-state index is 13.1. The van der Waals surface area contributed by atoms with Crippen LogP contribution >= 0.6 is 0 Å². The Bertz CT molecular complexity index is 822. The summed E-state index contributed by atoms with van der Waals surface area (Å²) in [6.07, 6.45) is 0.296. The smallest absolute Gasteiger partial charge is 0.244 e. The van der Waals surface area contributed by atoms with E-state index >= 15 is 0 Å². The summed E-state index contributed by atoms with van der Waals surface area (Å²) in [4.78, 5) is 17.6. The van der Waals surface area contributed by atoms with Gasteiger partial charge in [-0.1, -0.05) is 48.5 Å². The first kappa shape index (κ1) is 22.5. The second-order valence-corrected chi connectivity index (χ2v) is 8.91. The highest BCUT2D eigenvalue weighted by Gasteiger charge is 2.37. The normalized spacial score (nSPS) is 17.0. The zero-order chi connectivity index (χ0) is 21.7. The van der Waals surface area contributed by atoms with Crippen molar-refractivity contribution in [3.05, 3.63) is 65.2 Å². The quantitative estimate of drug-likeness (QED) is 0.737. The third kappa shape index (κ3) is 5.48. The fraction of sp³-hybridized carbons (Fsp3) is 0.480. The van der Waals surface area contributed by atoms with Crippen LogP contribution in [0.25, 0.3) is 0 Å². The van der Waals surface area contributed by atoms with Crippen LogP contribution in [-0.4, -0.2) is 65.2 Å². The third-order valence-corrected chi connectivity index (χ3v) is 6.22. The average molecular weight is 410 g/mol. The zero-order valence-electron chi connectivity index (χ0n) is 18.7. The number of nitrogens with one attached hydrogen (secondary N) is 1. The van der Waals surface area contributed by atoms with Crippen molar-refractivity contribution in [2.24, 2.45) is 0 Å². The molecule has 2 aromatic carbocycles. The van der Waals surface area contributed by atoms with Crippen LogP contribution in [0, 0.1) is 13.8 Å². The number of hydrogen-bond donors (Lipinski definition) is 2. The van der Waals surface area contributed by atoms with Crippen LogP contribution in [0.1, 0.15) is 30.5 Å². The minimum absolute atomic E-state index is 0.0254. The number of benzene rings is 2. The molecular formula is C25H35N3O2. The van der Waals surface area contributed by atoms with Crippen LogP contribution in [0.4, 0.5) is 5.69 Å². The van der Waals surface area contributed by atoms with Gasteiger partial charge in [0.15, 0.2) is 0 Å². The lowest BCUT2D eigenvalue weighted by Gasteiger charge is -2.43. The molecule has 5 nitrogen and oxygen atoms in total. The number of amides is 1. The predicted molar refractivity (Wildman–Crippen MR) is 123 cm³/mol. The molecule has 5 heteroatoms. The van der Waals surface area contributed by atoms with Crippen molar-refractivity contribution in [3.8, 4) is 0 Å². The molecule has 0 spiro atoms. The second-order valence-electron chi connectivity index (χ2n) is 8.91. The van der Waals surface area contributed by atoms with Crippen molar-refractivity contribution in [2.75, 3.05) is 38.0 Å². The Morgan fingerprint density at radius 3 is 2.20 bits per heavy atom. The predicted octanol–water partition coefficient (Wildman–Crippen LogP) is 3.24. The van der Waals surface area contributed by atoms with Gasteiger partial charge in [0.05, 0.1) is 11.6 Å². The topological polar surface area (TPSA) is 55.8 Å². The van der Waals surface area contributed by atoms with Crippen LogP contribution < -0.4 is 5.32 Å². The second kappa shape index (κ2) is 9.73. The van der Waals surface area contributed by atoms with E-state index in [1.807, 2.05) is 64.1 Å².